The number of aryl methyl sites for hydroxylation is 2. The minimum Gasteiger partial charge on any atom is -0.486 e. The summed E-state index contributed by atoms with van der Waals surface area (Å²) in [7, 11) is 1.78. The number of ether oxygens (including phenoxy) is 2. The highest BCUT2D eigenvalue weighted by Crippen LogP contribution is 2.34. The van der Waals surface area contributed by atoms with Gasteiger partial charge in [-0.15, -0.1) is 0 Å². The van der Waals surface area contributed by atoms with Crippen molar-refractivity contribution in [1.82, 2.24) is 9.78 Å². The fraction of sp³-hybridized carbons (Fsp3) is 0.217. The SMILES string of the molecule is Cc1cc(C(=O)N(C/C=C/c2ccccc2)c2ccc3c(c2)OCCO3)n(C)n1. The Labute approximate surface area is 170 Å². The van der Waals surface area contributed by atoms with E-state index in [0.717, 1.165) is 16.9 Å². The van der Waals surface area contributed by atoms with Crippen molar-refractivity contribution in [2.24, 2.45) is 7.05 Å². The number of benzene rings is 2. The summed E-state index contributed by atoms with van der Waals surface area (Å²) in [5.74, 6) is 1.23. The molecule has 0 atom stereocenters. The number of rotatable bonds is 5. The van der Waals surface area contributed by atoms with Gasteiger partial charge in [0.15, 0.2) is 11.5 Å². The summed E-state index contributed by atoms with van der Waals surface area (Å²) in [6.45, 7) is 3.32. The van der Waals surface area contributed by atoms with Gasteiger partial charge >= 0.3 is 0 Å². The molecule has 0 aliphatic carbocycles. The predicted molar refractivity (Wildman–Crippen MR) is 113 cm³/mol. The molecule has 0 radical (unpaired) electrons. The third-order valence-corrected chi connectivity index (χ3v) is 4.70. The summed E-state index contributed by atoms with van der Waals surface area (Å²) < 4.78 is 12.9. The van der Waals surface area contributed by atoms with Crippen molar-refractivity contribution >= 4 is 17.7 Å². The molecule has 4 rings (SSSR count). The average molecular weight is 389 g/mol. The van der Waals surface area contributed by atoms with Crippen molar-refractivity contribution in [3.05, 3.63) is 77.6 Å². The fourth-order valence-electron chi connectivity index (χ4n) is 3.31. The number of carbonyl (C=O) groups excluding carboxylic acids is 1. The highest BCUT2D eigenvalue weighted by atomic mass is 16.6. The number of fused-ring (bicyclic) bond motifs is 1. The molecule has 0 N–H and O–H groups in total. The Morgan fingerprint density at radius 3 is 2.59 bits per heavy atom. The summed E-state index contributed by atoms with van der Waals surface area (Å²) in [5, 5.41) is 4.31. The molecule has 148 valence electrons. The molecule has 0 fully saturated rings. The maximum absolute atomic E-state index is 13.3. The van der Waals surface area contributed by atoms with E-state index in [4.69, 9.17) is 9.47 Å². The van der Waals surface area contributed by atoms with Crippen LogP contribution in [0.5, 0.6) is 11.5 Å². The van der Waals surface area contributed by atoms with Crippen LogP contribution in [0.4, 0.5) is 5.69 Å². The minimum absolute atomic E-state index is 0.123. The third-order valence-electron chi connectivity index (χ3n) is 4.70. The zero-order valence-electron chi connectivity index (χ0n) is 16.5. The molecule has 0 saturated heterocycles. The molecule has 1 amide bonds. The molecule has 0 saturated carbocycles. The summed E-state index contributed by atoms with van der Waals surface area (Å²) in [5.41, 5.74) is 3.16. The second kappa shape index (κ2) is 8.22. The molecule has 6 nitrogen and oxygen atoms in total. The van der Waals surface area contributed by atoms with E-state index in [1.807, 2.05) is 67.6 Å². The van der Waals surface area contributed by atoms with Gasteiger partial charge in [0.2, 0.25) is 0 Å². The van der Waals surface area contributed by atoms with E-state index in [0.29, 0.717) is 37.0 Å². The highest BCUT2D eigenvalue weighted by molar-refractivity contribution is 6.05. The van der Waals surface area contributed by atoms with E-state index >= 15 is 0 Å². The van der Waals surface area contributed by atoms with Crippen LogP contribution in [0.2, 0.25) is 0 Å². The van der Waals surface area contributed by atoms with E-state index in [1.165, 1.54) is 0 Å². The van der Waals surface area contributed by atoms with Crippen molar-refractivity contribution in [1.29, 1.82) is 0 Å². The summed E-state index contributed by atoms with van der Waals surface area (Å²) in [6.07, 6.45) is 3.99. The van der Waals surface area contributed by atoms with Crippen molar-refractivity contribution < 1.29 is 14.3 Å². The molecule has 6 heteroatoms. The number of hydrogen-bond acceptors (Lipinski definition) is 4. The van der Waals surface area contributed by atoms with Crippen LogP contribution >= 0.6 is 0 Å². The first kappa shape index (κ1) is 18.8. The summed E-state index contributed by atoms with van der Waals surface area (Å²) >= 11 is 0. The van der Waals surface area contributed by atoms with E-state index in [-0.39, 0.29) is 5.91 Å². The van der Waals surface area contributed by atoms with E-state index < -0.39 is 0 Å². The van der Waals surface area contributed by atoms with Crippen LogP contribution in [0, 0.1) is 6.92 Å². The Morgan fingerprint density at radius 2 is 1.86 bits per heavy atom. The maximum atomic E-state index is 13.3. The molecule has 1 aliphatic rings. The first-order valence-corrected chi connectivity index (χ1v) is 9.55. The molecule has 0 spiro atoms. The zero-order valence-corrected chi connectivity index (χ0v) is 16.5. The maximum Gasteiger partial charge on any atom is 0.276 e. The van der Waals surface area contributed by atoms with Crippen LogP contribution in [-0.2, 0) is 7.05 Å². The van der Waals surface area contributed by atoms with Gasteiger partial charge in [-0.25, -0.2) is 0 Å². The van der Waals surface area contributed by atoms with Gasteiger partial charge in [0.25, 0.3) is 5.91 Å². The fourth-order valence-corrected chi connectivity index (χ4v) is 3.31. The van der Waals surface area contributed by atoms with E-state index in [9.17, 15) is 4.79 Å². The standard InChI is InChI=1S/C23H23N3O3/c1-17-15-20(25(2)24-17)23(27)26(12-6-9-18-7-4-3-5-8-18)19-10-11-21-22(16-19)29-14-13-28-21/h3-11,15-16H,12-14H2,1-2H3/b9-6+. The Kier molecular flexibility index (Phi) is 5.33. The first-order chi connectivity index (χ1) is 14.1. The topological polar surface area (TPSA) is 56.6 Å². The molecule has 1 aliphatic heterocycles. The molecule has 2 aromatic carbocycles. The van der Waals surface area contributed by atoms with Crippen molar-refractivity contribution in [2.75, 3.05) is 24.7 Å². The number of anilines is 1. The molecular formula is C23H23N3O3. The number of aromatic nitrogens is 2. The van der Waals surface area contributed by atoms with Gasteiger partial charge in [-0.1, -0.05) is 42.5 Å². The number of nitrogens with zero attached hydrogens (tertiary/aromatic N) is 3. The normalized spacial score (nSPS) is 12.9. The van der Waals surface area contributed by atoms with E-state index in [2.05, 4.69) is 5.10 Å². The van der Waals surface area contributed by atoms with Crippen LogP contribution in [0.1, 0.15) is 21.7 Å². The van der Waals surface area contributed by atoms with Gasteiger partial charge in [0, 0.05) is 25.3 Å². The summed E-state index contributed by atoms with van der Waals surface area (Å²) in [6, 6.07) is 17.4. The van der Waals surface area contributed by atoms with Gasteiger partial charge in [0.05, 0.1) is 5.69 Å². The van der Waals surface area contributed by atoms with Crippen molar-refractivity contribution in [2.45, 2.75) is 6.92 Å². The first-order valence-electron chi connectivity index (χ1n) is 9.55. The predicted octanol–water partition coefficient (Wildman–Crippen LogP) is 3.86. The van der Waals surface area contributed by atoms with Gasteiger partial charge in [-0.2, -0.15) is 5.10 Å². The van der Waals surface area contributed by atoms with Gasteiger partial charge in [-0.05, 0) is 30.7 Å². The lowest BCUT2D eigenvalue weighted by Gasteiger charge is -2.24. The molecular weight excluding hydrogens is 366 g/mol. The zero-order chi connectivity index (χ0) is 20.2. The quantitative estimate of drug-likeness (QED) is 0.665. The Morgan fingerprint density at radius 1 is 1.10 bits per heavy atom. The molecule has 0 unspecified atom stereocenters. The number of hydrogen-bond donors (Lipinski definition) is 0. The molecule has 1 aromatic heterocycles. The molecule has 29 heavy (non-hydrogen) atoms. The Balaban J connectivity index is 1.66. The molecule has 3 aromatic rings. The largest absolute Gasteiger partial charge is 0.486 e. The van der Waals surface area contributed by atoms with Gasteiger partial charge in [-0.3, -0.25) is 9.48 Å². The molecule has 0 bridgehead atoms. The Hall–Kier alpha value is -3.54. The average Bonchev–Trinajstić information content (AvgIpc) is 3.09. The monoisotopic (exact) mass is 389 g/mol. The lowest BCUT2D eigenvalue weighted by atomic mass is 10.2. The highest BCUT2D eigenvalue weighted by Gasteiger charge is 2.22. The Bertz CT molecular complexity index is 1040. The lowest BCUT2D eigenvalue weighted by Crippen LogP contribution is -2.32. The summed E-state index contributed by atoms with van der Waals surface area (Å²) in [4.78, 5) is 15.1. The van der Waals surface area contributed by atoms with Crippen LogP contribution in [0.3, 0.4) is 0 Å². The smallest absolute Gasteiger partial charge is 0.276 e. The van der Waals surface area contributed by atoms with Crippen LogP contribution in [-0.4, -0.2) is 35.4 Å². The lowest BCUT2D eigenvalue weighted by molar-refractivity contribution is 0.0980. The van der Waals surface area contributed by atoms with E-state index in [1.54, 1.807) is 22.7 Å². The number of amides is 1. The third kappa shape index (κ3) is 4.16. The van der Waals surface area contributed by atoms with Gasteiger partial charge in [0.1, 0.15) is 18.9 Å². The van der Waals surface area contributed by atoms with Crippen molar-refractivity contribution in [3.8, 4) is 11.5 Å². The van der Waals surface area contributed by atoms with Crippen LogP contribution in [0.15, 0.2) is 60.7 Å². The van der Waals surface area contributed by atoms with Gasteiger partial charge < -0.3 is 14.4 Å². The molecule has 2 heterocycles. The second-order valence-electron chi connectivity index (χ2n) is 6.85. The minimum atomic E-state index is -0.123. The van der Waals surface area contributed by atoms with Crippen LogP contribution in [0.25, 0.3) is 6.08 Å². The number of carbonyl (C=O) groups is 1. The van der Waals surface area contributed by atoms with Crippen molar-refractivity contribution in [3.63, 3.8) is 0 Å². The van der Waals surface area contributed by atoms with Crippen LogP contribution < -0.4 is 14.4 Å². The second-order valence-corrected chi connectivity index (χ2v) is 6.85.